The summed E-state index contributed by atoms with van der Waals surface area (Å²) < 4.78 is 7.88. The summed E-state index contributed by atoms with van der Waals surface area (Å²) in [5.41, 5.74) is 7.87. The third kappa shape index (κ3) is 4.83. The summed E-state index contributed by atoms with van der Waals surface area (Å²) in [4.78, 5) is 25.7. The first kappa shape index (κ1) is 33.0. The molecule has 0 bridgehead atoms. The van der Waals surface area contributed by atoms with Crippen LogP contribution in [0.4, 0.5) is 0 Å². The molecule has 44 heavy (non-hydrogen) atoms. The van der Waals surface area contributed by atoms with Crippen molar-refractivity contribution in [2.24, 2.45) is 39.7 Å². The first-order valence-electron chi connectivity index (χ1n) is 16.6. The fourth-order valence-electron chi connectivity index (χ4n) is 10.9. The highest BCUT2D eigenvalue weighted by Gasteiger charge is 2.72. The number of aliphatic hydroxyl groups excluding tert-OH is 2. The maximum atomic E-state index is 13.2. The summed E-state index contributed by atoms with van der Waals surface area (Å²) in [6.07, 6.45) is 7.89. The van der Waals surface area contributed by atoms with Gasteiger partial charge in [-0.15, -0.1) is 5.10 Å². The molecule has 4 aliphatic carbocycles. The van der Waals surface area contributed by atoms with Gasteiger partial charge in [0.05, 0.1) is 29.6 Å². The van der Waals surface area contributed by atoms with Gasteiger partial charge >= 0.3 is 5.97 Å². The number of hydrogen-bond donors (Lipinski definition) is 3. The number of esters is 1. The van der Waals surface area contributed by atoms with E-state index in [1.54, 1.807) is 6.92 Å². The van der Waals surface area contributed by atoms with E-state index >= 15 is 0 Å². The predicted molar refractivity (Wildman–Crippen MR) is 168 cm³/mol. The number of allylic oxidation sites excluding steroid dienone is 3. The van der Waals surface area contributed by atoms with E-state index in [1.807, 2.05) is 10.9 Å². The van der Waals surface area contributed by atoms with Gasteiger partial charge in [-0.2, -0.15) is 0 Å². The normalized spacial score (nSPS) is 42.5. The van der Waals surface area contributed by atoms with Crippen molar-refractivity contribution in [3.05, 3.63) is 34.7 Å². The molecule has 1 heterocycles. The van der Waals surface area contributed by atoms with E-state index in [1.165, 1.54) is 12.5 Å². The molecular formula is C35H54N4O5. The van der Waals surface area contributed by atoms with Gasteiger partial charge in [-0.25, -0.2) is 4.68 Å². The van der Waals surface area contributed by atoms with Crippen molar-refractivity contribution >= 4 is 11.8 Å². The van der Waals surface area contributed by atoms with Crippen molar-refractivity contribution in [3.63, 3.8) is 0 Å². The van der Waals surface area contributed by atoms with Gasteiger partial charge in [-0.05, 0) is 124 Å². The second-order valence-corrected chi connectivity index (χ2v) is 15.5. The number of hydrogen-bond acceptors (Lipinski definition) is 8. The van der Waals surface area contributed by atoms with Crippen LogP contribution in [0.5, 0.6) is 0 Å². The largest absolute Gasteiger partial charge is 0.458 e. The van der Waals surface area contributed by atoms with Crippen LogP contribution in [0.15, 0.2) is 29.0 Å². The van der Waals surface area contributed by atoms with Gasteiger partial charge in [0.1, 0.15) is 6.10 Å². The van der Waals surface area contributed by atoms with Crippen molar-refractivity contribution in [3.8, 4) is 0 Å². The highest BCUT2D eigenvalue weighted by Crippen LogP contribution is 2.75. The Hall–Kier alpha value is -2.36. The van der Waals surface area contributed by atoms with Gasteiger partial charge in [-0.3, -0.25) is 9.59 Å². The lowest BCUT2D eigenvalue weighted by atomic mass is 9.35. The molecule has 0 spiro atoms. The lowest BCUT2D eigenvalue weighted by Gasteiger charge is -2.70. The summed E-state index contributed by atoms with van der Waals surface area (Å²) in [7, 11) is 0. The minimum Gasteiger partial charge on any atom is -0.458 e. The second-order valence-electron chi connectivity index (χ2n) is 15.5. The van der Waals surface area contributed by atoms with Crippen LogP contribution in [0.2, 0.25) is 0 Å². The summed E-state index contributed by atoms with van der Waals surface area (Å²) in [5, 5.41) is 32.6. The number of carbonyl (C=O) groups excluding carboxylic acids is 2. The summed E-state index contributed by atoms with van der Waals surface area (Å²) in [5.74, 6) is -0.402. The van der Waals surface area contributed by atoms with E-state index in [2.05, 4.69) is 57.9 Å². The van der Waals surface area contributed by atoms with E-state index in [0.29, 0.717) is 31.4 Å². The van der Waals surface area contributed by atoms with Crippen molar-refractivity contribution in [2.45, 2.75) is 137 Å². The van der Waals surface area contributed by atoms with Crippen LogP contribution in [0, 0.1) is 34.0 Å². The third-order valence-corrected chi connectivity index (χ3v) is 13.0. The molecule has 4 aliphatic rings. The summed E-state index contributed by atoms with van der Waals surface area (Å²) in [6, 6.07) is 0. The van der Waals surface area contributed by atoms with E-state index in [4.69, 9.17) is 10.5 Å². The number of rotatable bonds is 7. The molecule has 10 atom stereocenters. The minimum absolute atomic E-state index is 0.0164. The molecule has 5 rings (SSSR count). The van der Waals surface area contributed by atoms with Gasteiger partial charge in [0, 0.05) is 13.5 Å². The number of aliphatic hydroxyl groups is 2. The number of Topliss-reactive ketones (excluding diaryl/α,β-unsaturated/α-hetero) is 1. The molecule has 0 aliphatic heterocycles. The Labute approximate surface area is 262 Å². The molecule has 0 amide bonds. The molecule has 9 heteroatoms. The quantitative estimate of drug-likeness (QED) is 0.223. The SMILES string of the molecule is CC(=O)O[C@H]1C[C@@]2(C)[C@@H](C[C@@H](O)[C@H]3[C@@]4(C)CC[C@@H](O)[C@](C)(n5cc(CN)nn5)[C@@H]4CC[C@@]32C)/C1=C(\CCC=C(C)C)C(C)=O. The molecule has 9 nitrogen and oxygen atoms in total. The van der Waals surface area contributed by atoms with Crippen LogP contribution in [-0.4, -0.2) is 55.3 Å². The van der Waals surface area contributed by atoms with Crippen molar-refractivity contribution in [1.29, 1.82) is 0 Å². The molecule has 4 fully saturated rings. The molecule has 4 saturated carbocycles. The summed E-state index contributed by atoms with van der Waals surface area (Å²) in [6.45, 7) is 16.5. The van der Waals surface area contributed by atoms with Crippen molar-refractivity contribution < 1.29 is 24.5 Å². The van der Waals surface area contributed by atoms with E-state index in [-0.39, 0.29) is 52.3 Å². The van der Waals surface area contributed by atoms with E-state index in [0.717, 1.165) is 36.8 Å². The molecular weight excluding hydrogens is 556 g/mol. The highest BCUT2D eigenvalue weighted by atomic mass is 16.5. The molecule has 244 valence electrons. The number of carbonyl (C=O) groups is 2. The maximum Gasteiger partial charge on any atom is 0.303 e. The topological polar surface area (TPSA) is 141 Å². The summed E-state index contributed by atoms with van der Waals surface area (Å²) >= 11 is 0. The number of ketones is 1. The second kappa shape index (κ2) is 11.5. The number of fused-ring (bicyclic) bond motifs is 5. The molecule has 0 aromatic carbocycles. The van der Waals surface area contributed by atoms with Gasteiger partial charge in [0.2, 0.25) is 0 Å². The molecule has 1 aromatic rings. The molecule has 0 unspecified atom stereocenters. The molecule has 1 aromatic heterocycles. The molecule has 0 saturated heterocycles. The average Bonchev–Trinajstić information content (AvgIpc) is 3.52. The zero-order chi connectivity index (χ0) is 32.4. The van der Waals surface area contributed by atoms with Gasteiger partial charge < -0.3 is 20.7 Å². The van der Waals surface area contributed by atoms with E-state index < -0.39 is 23.9 Å². The Morgan fingerprint density at radius 1 is 1.09 bits per heavy atom. The Bertz CT molecular complexity index is 1360. The smallest absolute Gasteiger partial charge is 0.303 e. The van der Waals surface area contributed by atoms with Gasteiger partial charge in [0.25, 0.3) is 0 Å². The number of nitrogens with zero attached hydrogens (tertiary/aromatic N) is 3. The fraction of sp³-hybridized carbons (Fsp3) is 0.771. The Morgan fingerprint density at radius 3 is 2.39 bits per heavy atom. The average molecular weight is 611 g/mol. The third-order valence-electron chi connectivity index (χ3n) is 13.0. The van der Waals surface area contributed by atoms with Gasteiger partial charge in [-0.1, -0.05) is 37.6 Å². The zero-order valence-electron chi connectivity index (χ0n) is 28.0. The van der Waals surface area contributed by atoms with Crippen LogP contribution in [-0.2, 0) is 26.4 Å². The lowest BCUT2D eigenvalue weighted by Crippen LogP contribution is -2.69. The monoisotopic (exact) mass is 610 g/mol. The fourth-order valence-corrected chi connectivity index (χ4v) is 10.9. The van der Waals surface area contributed by atoms with Crippen LogP contribution >= 0.6 is 0 Å². The van der Waals surface area contributed by atoms with Crippen molar-refractivity contribution in [2.75, 3.05) is 0 Å². The van der Waals surface area contributed by atoms with Gasteiger partial charge in [0.15, 0.2) is 5.78 Å². The van der Waals surface area contributed by atoms with Crippen LogP contribution in [0.25, 0.3) is 0 Å². The Balaban J connectivity index is 1.61. The standard InChI is InChI=1S/C35H54N4O5/c1-20(2)10-9-11-24(21(3)40)30-25-16-26(42)31-32(5)14-13-29(43)35(8,39-19-23(18-36)37-38-39)28(32)12-15-33(31,6)34(25,7)17-27(30)44-22(4)41/h10,19,25-29,31,42-43H,9,11-18,36H2,1-8H3/b30-24-/t25-,26+,27-,28+,29+,31-,32-,33-,34-,35+/m0/s1. The minimum atomic E-state index is -0.694. The Morgan fingerprint density at radius 2 is 1.80 bits per heavy atom. The van der Waals surface area contributed by atoms with Crippen LogP contribution in [0.1, 0.15) is 112 Å². The van der Waals surface area contributed by atoms with Crippen LogP contribution in [0.3, 0.4) is 0 Å². The number of aromatic nitrogens is 3. The number of nitrogens with two attached hydrogens (primary N) is 1. The van der Waals surface area contributed by atoms with Crippen molar-refractivity contribution in [1.82, 2.24) is 15.0 Å². The van der Waals surface area contributed by atoms with E-state index in [9.17, 15) is 19.8 Å². The Kier molecular flexibility index (Phi) is 8.60. The molecule has 0 radical (unpaired) electrons. The zero-order valence-corrected chi connectivity index (χ0v) is 28.0. The molecule has 4 N–H and O–H groups in total. The predicted octanol–water partition coefficient (Wildman–Crippen LogP) is 5.00. The maximum absolute atomic E-state index is 13.2. The van der Waals surface area contributed by atoms with Crippen LogP contribution < -0.4 is 5.73 Å². The lowest BCUT2D eigenvalue weighted by molar-refractivity contribution is -0.249. The first-order valence-corrected chi connectivity index (χ1v) is 16.6. The number of ether oxygens (including phenoxy) is 1. The first-order chi connectivity index (χ1) is 20.5. The highest BCUT2D eigenvalue weighted by molar-refractivity contribution is 5.94.